The number of aryl methyl sites for hydroxylation is 1. The molecule has 0 fully saturated rings. The summed E-state index contributed by atoms with van der Waals surface area (Å²) in [5.41, 5.74) is 2.05. The van der Waals surface area contributed by atoms with E-state index in [4.69, 9.17) is 6.42 Å². The predicted octanol–water partition coefficient (Wildman–Crippen LogP) is 2.27. The van der Waals surface area contributed by atoms with Gasteiger partial charge in [0.1, 0.15) is 0 Å². The van der Waals surface area contributed by atoms with Crippen LogP contribution in [-0.2, 0) is 0 Å². The summed E-state index contributed by atoms with van der Waals surface area (Å²) in [5.74, 6) is 2.59. The van der Waals surface area contributed by atoms with Gasteiger partial charge in [-0.3, -0.25) is 0 Å². The number of hydrogen-bond donors (Lipinski definition) is 1. The highest BCUT2D eigenvalue weighted by atomic mass is 32.1. The molecule has 0 bridgehead atoms. The zero-order chi connectivity index (χ0) is 7.56. The van der Waals surface area contributed by atoms with E-state index in [1.807, 2.05) is 25.1 Å². The van der Waals surface area contributed by atoms with E-state index in [0.29, 0.717) is 0 Å². The zero-order valence-electron chi connectivity index (χ0n) is 5.76. The molecule has 0 aliphatic carbocycles. The number of benzene rings is 1. The minimum absolute atomic E-state index is 0.942. The van der Waals surface area contributed by atoms with Gasteiger partial charge in [-0.15, -0.1) is 19.1 Å². The van der Waals surface area contributed by atoms with E-state index in [-0.39, 0.29) is 0 Å². The van der Waals surface area contributed by atoms with Gasteiger partial charge >= 0.3 is 0 Å². The second kappa shape index (κ2) is 2.81. The van der Waals surface area contributed by atoms with Crippen LogP contribution in [0.3, 0.4) is 0 Å². The molecule has 1 aromatic carbocycles. The Morgan fingerprint density at radius 1 is 1.50 bits per heavy atom. The molecule has 0 N–H and O–H groups in total. The van der Waals surface area contributed by atoms with Gasteiger partial charge in [-0.1, -0.05) is 5.92 Å². The number of hydrogen-bond acceptors (Lipinski definition) is 1. The molecule has 0 amide bonds. The van der Waals surface area contributed by atoms with Crippen LogP contribution in [0.2, 0.25) is 0 Å². The summed E-state index contributed by atoms with van der Waals surface area (Å²) < 4.78 is 0. The van der Waals surface area contributed by atoms with Crippen molar-refractivity contribution in [2.75, 3.05) is 0 Å². The highest BCUT2D eigenvalue weighted by molar-refractivity contribution is 7.80. The fourth-order valence-corrected chi connectivity index (χ4v) is 1.08. The third-order valence-electron chi connectivity index (χ3n) is 1.37. The molecule has 0 saturated heterocycles. The molecule has 0 heterocycles. The van der Waals surface area contributed by atoms with Crippen LogP contribution in [0, 0.1) is 19.3 Å². The maximum atomic E-state index is 5.23. The lowest BCUT2D eigenvalue weighted by Gasteiger charge is -1.97. The molecular weight excluding hydrogens is 140 g/mol. The van der Waals surface area contributed by atoms with Crippen LogP contribution in [0.1, 0.15) is 11.1 Å². The lowest BCUT2D eigenvalue weighted by atomic mass is 10.1. The van der Waals surface area contributed by atoms with Gasteiger partial charge in [0.15, 0.2) is 0 Å². The first-order valence-corrected chi connectivity index (χ1v) is 3.45. The molecule has 0 aliphatic rings. The molecule has 0 aromatic heterocycles. The Labute approximate surface area is 66.7 Å². The number of terminal acetylenes is 1. The molecule has 1 heteroatoms. The first-order valence-electron chi connectivity index (χ1n) is 3.00. The van der Waals surface area contributed by atoms with Crippen LogP contribution in [-0.4, -0.2) is 0 Å². The standard InChI is InChI=1S/C9H8S/c1-3-8-4-5-9(10)6-7(8)2/h1,4-6,10H,2H3. The minimum Gasteiger partial charge on any atom is -0.143 e. The highest BCUT2D eigenvalue weighted by Gasteiger charge is 1.92. The monoisotopic (exact) mass is 148 g/mol. The van der Waals surface area contributed by atoms with Crippen LogP contribution in [0.5, 0.6) is 0 Å². The van der Waals surface area contributed by atoms with Gasteiger partial charge in [-0.2, -0.15) is 0 Å². The average Bonchev–Trinajstić information content (AvgIpc) is 1.88. The topological polar surface area (TPSA) is 0 Å². The van der Waals surface area contributed by atoms with E-state index in [9.17, 15) is 0 Å². The van der Waals surface area contributed by atoms with Crippen molar-refractivity contribution in [1.82, 2.24) is 0 Å². The Kier molecular flexibility index (Phi) is 2.03. The van der Waals surface area contributed by atoms with Gasteiger partial charge in [0.05, 0.1) is 0 Å². The largest absolute Gasteiger partial charge is 0.143 e. The Morgan fingerprint density at radius 2 is 2.20 bits per heavy atom. The molecule has 0 saturated carbocycles. The molecule has 0 aliphatic heterocycles. The minimum atomic E-state index is 0.942. The zero-order valence-corrected chi connectivity index (χ0v) is 6.65. The smallest absolute Gasteiger partial charge is 0.0272 e. The summed E-state index contributed by atoms with van der Waals surface area (Å²) >= 11 is 4.17. The van der Waals surface area contributed by atoms with Crippen LogP contribution >= 0.6 is 12.6 Å². The molecular formula is C9H8S. The van der Waals surface area contributed by atoms with Crippen molar-refractivity contribution < 1.29 is 0 Å². The number of thiol groups is 1. The summed E-state index contributed by atoms with van der Waals surface area (Å²) in [6.45, 7) is 1.98. The molecule has 0 spiro atoms. The molecule has 0 radical (unpaired) electrons. The van der Waals surface area contributed by atoms with Crippen molar-refractivity contribution in [3.63, 3.8) is 0 Å². The Bertz CT molecular complexity index is 281. The van der Waals surface area contributed by atoms with Crippen LogP contribution in [0.25, 0.3) is 0 Å². The van der Waals surface area contributed by atoms with E-state index < -0.39 is 0 Å². The first kappa shape index (κ1) is 7.24. The SMILES string of the molecule is C#Cc1ccc(S)cc1C. The number of rotatable bonds is 0. The maximum absolute atomic E-state index is 5.23. The van der Waals surface area contributed by atoms with Crippen molar-refractivity contribution in [3.8, 4) is 12.3 Å². The predicted molar refractivity (Wildman–Crippen MR) is 46.4 cm³/mol. The molecule has 50 valence electrons. The normalized spacial score (nSPS) is 8.90. The van der Waals surface area contributed by atoms with Crippen LogP contribution < -0.4 is 0 Å². The third-order valence-corrected chi connectivity index (χ3v) is 1.64. The molecule has 0 nitrogen and oxygen atoms in total. The van der Waals surface area contributed by atoms with Crippen LogP contribution in [0.4, 0.5) is 0 Å². The molecule has 1 aromatic rings. The lowest BCUT2D eigenvalue weighted by Crippen LogP contribution is -1.79. The Hall–Kier alpha value is -0.870. The quantitative estimate of drug-likeness (QED) is 0.423. The second-order valence-corrected chi connectivity index (χ2v) is 2.66. The Morgan fingerprint density at radius 3 is 2.70 bits per heavy atom. The maximum Gasteiger partial charge on any atom is 0.0272 e. The molecule has 0 atom stereocenters. The lowest BCUT2D eigenvalue weighted by molar-refractivity contribution is 1.35. The van der Waals surface area contributed by atoms with Gasteiger partial charge in [0.25, 0.3) is 0 Å². The molecule has 0 unspecified atom stereocenters. The van der Waals surface area contributed by atoms with E-state index in [1.54, 1.807) is 0 Å². The van der Waals surface area contributed by atoms with E-state index in [1.165, 1.54) is 0 Å². The van der Waals surface area contributed by atoms with E-state index in [2.05, 4.69) is 18.5 Å². The molecule has 1 rings (SSSR count). The Balaban J connectivity index is 3.23. The summed E-state index contributed by atoms with van der Waals surface area (Å²) in [5, 5.41) is 0. The third kappa shape index (κ3) is 1.34. The summed E-state index contributed by atoms with van der Waals surface area (Å²) in [7, 11) is 0. The van der Waals surface area contributed by atoms with E-state index >= 15 is 0 Å². The highest BCUT2D eigenvalue weighted by Crippen LogP contribution is 2.12. The summed E-state index contributed by atoms with van der Waals surface area (Å²) in [6, 6.07) is 5.75. The van der Waals surface area contributed by atoms with Gasteiger partial charge in [-0.05, 0) is 30.7 Å². The fourth-order valence-electron chi connectivity index (χ4n) is 0.810. The fraction of sp³-hybridized carbons (Fsp3) is 0.111. The summed E-state index contributed by atoms with van der Waals surface area (Å²) in [6.07, 6.45) is 5.23. The van der Waals surface area contributed by atoms with Gasteiger partial charge in [-0.25, -0.2) is 0 Å². The first-order chi connectivity index (χ1) is 4.74. The van der Waals surface area contributed by atoms with Crippen molar-refractivity contribution in [2.45, 2.75) is 11.8 Å². The van der Waals surface area contributed by atoms with Crippen molar-refractivity contribution in [3.05, 3.63) is 29.3 Å². The second-order valence-electron chi connectivity index (χ2n) is 2.14. The van der Waals surface area contributed by atoms with Crippen molar-refractivity contribution in [2.24, 2.45) is 0 Å². The van der Waals surface area contributed by atoms with E-state index in [0.717, 1.165) is 16.0 Å². The van der Waals surface area contributed by atoms with Crippen molar-refractivity contribution >= 4 is 12.6 Å². The van der Waals surface area contributed by atoms with Gasteiger partial charge < -0.3 is 0 Å². The summed E-state index contributed by atoms with van der Waals surface area (Å²) in [4.78, 5) is 0.955. The van der Waals surface area contributed by atoms with Gasteiger partial charge in [0.2, 0.25) is 0 Å². The van der Waals surface area contributed by atoms with Crippen LogP contribution in [0.15, 0.2) is 23.1 Å². The van der Waals surface area contributed by atoms with Gasteiger partial charge in [0, 0.05) is 10.5 Å². The average molecular weight is 148 g/mol. The molecule has 10 heavy (non-hydrogen) atoms. The van der Waals surface area contributed by atoms with Crippen molar-refractivity contribution in [1.29, 1.82) is 0 Å².